The van der Waals surface area contributed by atoms with E-state index in [9.17, 15) is 9.90 Å². The number of benzene rings is 1. The number of halogens is 1. The van der Waals surface area contributed by atoms with Gasteiger partial charge in [0, 0.05) is 18.5 Å². The number of aliphatic hydroxyl groups excluding tert-OH is 1. The van der Waals surface area contributed by atoms with Crippen LogP contribution < -0.4 is 11.1 Å². The number of carbonyl (C=O) groups is 1. The molecule has 0 radical (unpaired) electrons. The summed E-state index contributed by atoms with van der Waals surface area (Å²) in [6.45, 7) is 7.27. The van der Waals surface area contributed by atoms with Crippen molar-refractivity contribution in [3.8, 4) is 0 Å². The number of unbranched alkanes of at least 4 members (excludes halogenated alkanes) is 10. The van der Waals surface area contributed by atoms with Gasteiger partial charge in [-0.1, -0.05) is 116 Å². The van der Waals surface area contributed by atoms with Crippen molar-refractivity contribution in [2.45, 2.75) is 154 Å². The molecule has 0 aliphatic heterocycles. The molecule has 4 nitrogen and oxygen atoms in total. The van der Waals surface area contributed by atoms with Gasteiger partial charge in [0.2, 0.25) is 5.91 Å². The molecule has 1 atom stereocenters. The molecule has 0 heterocycles. The predicted octanol–water partition coefficient (Wildman–Crippen LogP) is 8.36. The Bertz CT molecular complexity index is 679. The highest BCUT2D eigenvalue weighted by atomic mass is 35.5. The van der Waals surface area contributed by atoms with Gasteiger partial charge in [0.05, 0.1) is 6.10 Å². The number of hydrogen-bond donors (Lipinski definition) is 3. The molecule has 1 aromatic carbocycles. The first kappa shape index (κ1) is 35.9. The van der Waals surface area contributed by atoms with Crippen molar-refractivity contribution in [2.75, 3.05) is 6.54 Å². The topological polar surface area (TPSA) is 75.3 Å². The predicted molar refractivity (Wildman–Crippen MR) is 162 cm³/mol. The number of amides is 1. The van der Waals surface area contributed by atoms with Crippen LogP contribution >= 0.6 is 12.4 Å². The molecule has 0 aromatic heterocycles. The van der Waals surface area contributed by atoms with E-state index in [0.29, 0.717) is 6.42 Å². The molecule has 216 valence electrons. The van der Waals surface area contributed by atoms with Gasteiger partial charge in [0.15, 0.2) is 0 Å². The fourth-order valence-electron chi connectivity index (χ4n) is 5.13. The lowest BCUT2D eigenvalue weighted by atomic mass is 9.82. The van der Waals surface area contributed by atoms with Gasteiger partial charge in [-0.2, -0.15) is 0 Å². The van der Waals surface area contributed by atoms with Gasteiger partial charge < -0.3 is 16.2 Å². The van der Waals surface area contributed by atoms with Crippen molar-refractivity contribution in [1.29, 1.82) is 0 Å². The van der Waals surface area contributed by atoms with Crippen molar-refractivity contribution in [2.24, 2.45) is 5.73 Å². The monoisotopic (exact) mass is 538 g/mol. The Morgan fingerprint density at radius 1 is 0.838 bits per heavy atom. The van der Waals surface area contributed by atoms with Crippen LogP contribution in [0.3, 0.4) is 0 Å². The molecule has 4 N–H and O–H groups in total. The second kappa shape index (κ2) is 22.8. The second-order valence-corrected chi connectivity index (χ2v) is 10.8. The average molecular weight is 539 g/mol. The van der Waals surface area contributed by atoms with Crippen molar-refractivity contribution in [3.63, 3.8) is 0 Å². The number of aryl methyl sites for hydroxylation is 1. The summed E-state index contributed by atoms with van der Waals surface area (Å²) in [4.78, 5) is 12.2. The molecule has 0 saturated carbocycles. The number of carbonyl (C=O) groups excluding carboxylic acids is 1. The highest BCUT2D eigenvalue weighted by Gasteiger charge is 2.25. The van der Waals surface area contributed by atoms with Crippen LogP contribution in [0.5, 0.6) is 0 Å². The summed E-state index contributed by atoms with van der Waals surface area (Å²) in [6.07, 6.45) is 20.8. The number of rotatable bonds is 23. The Morgan fingerprint density at radius 3 is 1.97 bits per heavy atom. The summed E-state index contributed by atoms with van der Waals surface area (Å²) in [5.74, 6) is 0.187. The summed E-state index contributed by atoms with van der Waals surface area (Å²) in [7, 11) is 0. The van der Waals surface area contributed by atoms with Gasteiger partial charge in [-0.15, -0.1) is 12.4 Å². The minimum Gasteiger partial charge on any atom is -0.393 e. The third-order valence-corrected chi connectivity index (χ3v) is 7.84. The summed E-state index contributed by atoms with van der Waals surface area (Å²) < 4.78 is 0. The maximum absolute atomic E-state index is 12.2. The smallest absolute Gasteiger partial charge is 0.219 e. The summed E-state index contributed by atoms with van der Waals surface area (Å²) in [5, 5.41) is 13.1. The van der Waals surface area contributed by atoms with Gasteiger partial charge in [-0.3, -0.25) is 4.79 Å². The lowest BCUT2D eigenvalue weighted by Gasteiger charge is -2.29. The van der Waals surface area contributed by atoms with Gasteiger partial charge in [0.25, 0.3) is 0 Å². The zero-order valence-electron chi connectivity index (χ0n) is 24.4. The number of aliphatic hydroxyl groups is 1. The Labute approximate surface area is 235 Å². The average Bonchev–Trinajstić information content (AvgIpc) is 2.90. The van der Waals surface area contributed by atoms with Gasteiger partial charge >= 0.3 is 0 Å². The van der Waals surface area contributed by atoms with Gasteiger partial charge in [-0.05, 0) is 56.1 Å². The van der Waals surface area contributed by atoms with Crippen LogP contribution in [0.25, 0.3) is 0 Å². The molecule has 0 aliphatic carbocycles. The molecule has 1 amide bonds. The maximum atomic E-state index is 12.2. The van der Waals surface area contributed by atoms with E-state index < -0.39 is 0 Å². The molecule has 1 rings (SSSR count). The molecular formula is C32H59ClN2O2. The lowest BCUT2D eigenvalue weighted by molar-refractivity contribution is -0.121. The summed E-state index contributed by atoms with van der Waals surface area (Å²) in [5.41, 5.74) is 8.97. The molecule has 0 spiro atoms. The Kier molecular flexibility index (Phi) is 22.2. The van der Waals surface area contributed by atoms with E-state index in [-0.39, 0.29) is 30.0 Å². The minimum absolute atomic E-state index is 0. The molecule has 1 unspecified atom stereocenters. The van der Waals surface area contributed by atoms with Crippen molar-refractivity contribution < 1.29 is 9.90 Å². The fraction of sp³-hybridized carbons (Fsp3) is 0.781. The zero-order chi connectivity index (χ0) is 26.5. The highest BCUT2D eigenvalue weighted by Crippen LogP contribution is 2.29. The molecule has 0 aliphatic rings. The molecule has 0 saturated heterocycles. The van der Waals surface area contributed by atoms with Crippen LogP contribution in [0.4, 0.5) is 0 Å². The second-order valence-electron chi connectivity index (χ2n) is 10.8. The molecule has 5 heteroatoms. The van der Waals surface area contributed by atoms with E-state index in [0.717, 1.165) is 64.3 Å². The van der Waals surface area contributed by atoms with Crippen LogP contribution in [0.1, 0.15) is 147 Å². The van der Waals surface area contributed by atoms with E-state index >= 15 is 0 Å². The zero-order valence-corrected chi connectivity index (χ0v) is 25.2. The molecule has 0 bridgehead atoms. The fourth-order valence-corrected chi connectivity index (χ4v) is 5.13. The quantitative estimate of drug-likeness (QED) is 0.122. The molecule has 0 fully saturated rings. The summed E-state index contributed by atoms with van der Waals surface area (Å²) in [6, 6.07) is 8.52. The minimum atomic E-state index is -0.254. The van der Waals surface area contributed by atoms with Crippen molar-refractivity contribution in [3.05, 3.63) is 35.4 Å². The van der Waals surface area contributed by atoms with E-state index in [1.807, 2.05) is 0 Å². The Balaban J connectivity index is 0.0000130. The van der Waals surface area contributed by atoms with Gasteiger partial charge in [0.1, 0.15) is 0 Å². The molecule has 37 heavy (non-hydrogen) atoms. The Morgan fingerprint density at radius 2 is 1.38 bits per heavy atom. The number of nitrogens with one attached hydrogen (secondary N) is 1. The Hall–Kier alpha value is -1.10. The van der Waals surface area contributed by atoms with Crippen LogP contribution in [0.15, 0.2) is 24.3 Å². The maximum Gasteiger partial charge on any atom is 0.219 e. The van der Waals surface area contributed by atoms with Crippen LogP contribution in [-0.2, 0) is 16.8 Å². The molecular weight excluding hydrogens is 480 g/mol. The third kappa shape index (κ3) is 16.5. The van der Waals surface area contributed by atoms with Crippen molar-refractivity contribution in [1.82, 2.24) is 5.32 Å². The van der Waals surface area contributed by atoms with Crippen LogP contribution in [0.2, 0.25) is 0 Å². The number of nitrogens with two attached hydrogens (primary N) is 1. The highest BCUT2D eigenvalue weighted by molar-refractivity contribution is 5.85. The van der Waals surface area contributed by atoms with E-state index in [1.165, 1.54) is 68.9 Å². The first-order valence-corrected chi connectivity index (χ1v) is 15.3. The molecule has 1 aromatic rings. The van der Waals surface area contributed by atoms with Crippen LogP contribution in [0, 0.1) is 0 Å². The first-order valence-electron chi connectivity index (χ1n) is 15.3. The summed E-state index contributed by atoms with van der Waals surface area (Å²) >= 11 is 0. The standard InChI is InChI=1S/C32H58N2O2.ClH/c1-4-7-8-15-23-29(35)24-16-13-11-9-10-12-14-17-26-31(36)34-27-20-22-28-21-18-19-25-30(28)32(33,5-2)6-3;/h18-19,21,25,29,35H,4-17,20,22-24,26-27,33H2,1-3H3,(H,34,36);1H. The lowest BCUT2D eigenvalue weighted by Crippen LogP contribution is -2.36. The number of hydrogen-bond acceptors (Lipinski definition) is 3. The SMILES string of the molecule is CCCCCCC(O)CCCCCCCCCCC(=O)NCCCc1ccccc1C(N)(CC)CC.Cl. The van der Waals surface area contributed by atoms with E-state index in [4.69, 9.17) is 5.73 Å². The largest absolute Gasteiger partial charge is 0.393 e. The van der Waals surface area contributed by atoms with Gasteiger partial charge in [-0.25, -0.2) is 0 Å². The van der Waals surface area contributed by atoms with E-state index in [1.54, 1.807) is 0 Å². The first-order chi connectivity index (χ1) is 17.5. The van der Waals surface area contributed by atoms with Crippen molar-refractivity contribution >= 4 is 18.3 Å². The normalized spacial score (nSPS) is 12.2. The third-order valence-electron chi connectivity index (χ3n) is 7.84. The van der Waals surface area contributed by atoms with E-state index in [2.05, 4.69) is 50.4 Å². The van der Waals surface area contributed by atoms with Crippen LogP contribution in [-0.4, -0.2) is 23.7 Å².